The molecule has 2 rings (SSSR count). The Morgan fingerprint density at radius 3 is 2.24 bits per heavy atom. The maximum Gasteiger partial charge on any atom is 0.242 e. The first-order chi connectivity index (χ1) is 13.7. The number of hydrogen-bond acceptors (Lipinski definition) is 3. The van der Waals surface area contributed by atoms with Crippen LogP contribution < -0.4 is 5.32 Å². The lowest BCUT2D eigenvalue weighted by Gasteiger charge is -2.31. The minimum absolute atomic E-state index is 0.00874. The normalized spacial score (nSPS) is 12.3. The Morgan fingerprint density at radius 1 is 1.03 bits per heavy atom. The Kier molecular flexibility index (Phi) is 8.32. The fraction of sp³-hybridized carbons (Fsp3) is 0.417. The van der Waals surface area contributed by atoms with E-state index in [1.54, 1.807) is 23.6 Å². The second-order valence-electron chi connectivity index (χ2n) is 8.33. The topological polar surface area (TPSA) is 49.4 Å². The van der Waals surface area contributed by atoms with Crippen molar-refractivity contribution in [1.29, 1.82) is 0 Å². The summed E-state index contributed by atoms with van der Waals surface area (Å²) in [7, 11) is 0. The quantitative estimate of drug-likeness (QED) is 0.633. The number of amides is 2. The molecule has 29 heavy (non-hydrogen) atoms. The maximum absolute atomic E-state index is 13.0. The highest BCUT2D eigenvalue weighted by atomic mass is 32.2. The Hall–Kier alpha value is -2.27. The molecule has 0 aromatic heterocycles. The molecule has 5 heteroatoms. The van der Waals surface area contributed by atoms with Crippen molar-refractivity contribution in [3.63, 3.8) is 0 Å². The van der Waals surface area contributed by atoms with Gasteiger partial charge in [-0.25, -0.2) is 0 Å². The number of carbonyl (C=O) groups excluding carboxylic acids is 2. The van der Waals surface area contributed by atoms with Crippen LogP contribution in [0.1, 0.15) is 45.2 Å². The molecule has 0 fully saturated rings. The SMILES string of the molecule is Cc1ccc(CN(C(=O)CCSc2ccccc2)[C@H](C)C(=O)NC(C)(C)C)cc1. The molecule has 2 aromatic rings. The van der Waals surface area contributed by atoms with E-state index in [0.29, 0.717) is 18.7 Å². The van der Waals surface area contributed by atoms with Gasteiger partial charge in [0.2, 0.25) is 11.8 Å². The van der Waals surface area contributed by atoms with Crippen LogP contribution in [0.5, 0.6) is 0 Å². The molecule has 2 aromatic carbocycles. The van der Waals surface area contributed by atoms with Gasteiger partial charge in [-0.2, -0.15) is 0 Å². The van der Waals surface area contributed by atoms with Gasteiger partial charge in [-0.15, -0.1) is 11.8 Å². The molecule has 0 spiro atoms. The summed E-state index contributed by atoms with van der Waals surface area (Å²) in [6, 6.07) is 17.6. The highest BCUT2D eigenvalue weighted by molar-refractivity contribution is 7.99. The van der Waals surface area contributed by atoms with E-state index in [0.717, 1.165) is 10.5 Å². The molecule has 0 aliphatic carbocycles. The molecule has 1 N–H and O–H groups in total. The summed E-state index contributed by atoms with van der Waals surface area (Å²) in [5, 5.41) is 2.99. The smallest absolute Gasteiger partial charge is 0.242 e. The predicted octanol–water partition coefficient (Wildman–Crippen LogP) is 4.81. The average Bonchev–Trinajstić information content (AvgIpc) is 2.66. The molecule has 0 aliphatic rings. The van der Waals surface area contributed by atoms with Crippen LogP contribution in [-0.4, -0.2) is 34.0 Å². The van der Waals surface area contributed by atoms with Crippen LogP contribution in [0.3, 0.4) is 0 Å². The standard InChI is InChI=1S/C24H32N2O2S/c1-18-11-13-20(14-12-18)17-26(19(2)23(28)25-24(3,4)5)22(27)15-16-29-21-9-7-6-8-10-21/h6-14,19H,15-17H2,1-5H3,(H,25,28)/t19-/m1/s1. The molecule has 0 saturated heterocycles. The summed E-state index contributed by atoms with van der Waals surface area (Å²) in [5.41, 5.74) is 1.85. The molecule has 0 bridgehead atoms. The number of aryl methyl sites for hydroxylation is 1. The first-order valence-electron chi connectivity index (χ1n) is 10.0. The summed E-state index contributed by atoms with van der Waals surface area (Å²) in [5.74, 6) is 0.542. The lowest BCUT2D eigenvalue weighted by Crippen LogP contribution is -2.52. The van der Waals surface area contributed by atoms with E-state index >= 15 is 0 Å². The number of thioether (sulfide) groups is 1. The zero-order valence-corrected chi connectivity index (χ0v) is 18.9. The van der Waals surface area contributed by atoms with Crippen LogP contribution in [-0.2, 0) is 16.1 Å². The van der Waals surface area contributed by atoms with Crippen LogP contribution in [0, 0.1) is 6.92 Å². The lowest BCUT2D eigenvalue weighted by atomic mass is 10.1. The number of rotatable bonds is 8. The highest BCUT2D eigenvalue weighted by Gasteiger charge is 2.28. The molecule has 0 unspecified atom stereocenters. The van der Waals surface area contributed by atoms with Crippen molar-refractivity contribution in [3.8, 4) is 0 Å². The molecule has 0 heterocycles. The second kappa shape index (κ2) is 10.5. The Balaban J connectivity index is 2.08. The van der Waals surface area contributed by atoms with Crippen molar-refractivity contribution in [2.75, 3.05) is 5.75 Å². The maximum atomic E-state index is 13.0. The van der Waals surface area contributed by atoms with E-state index in [1.807, 2.05) is 82.3 Å². The van der Waals surface area contributed by atoms with Gasteiger partial charge in [-0.1, -0.05) is 48.0 Å². The van der Waals surface area contributed by atoms with Crippen LogP contribution >= 0.6 is 11.8 Å². The zero-order valence-electron chi connectivity index (χ0n) is 18.1. The minimum atomic E-state index is -0.537. The third-order valence-corrected chi connectivity index (χ3v) is 5.48. The van der Waals surface area contributed by atoms with Crippen molar-refractivity contribution in [3.05, 3.63) is 65.7 Å². The molecular weight excluding hydrogens is 380 g/mol. The number of nitrogens with one attached hydrogen (secondary N) is 1. The van der Waals surface area contributed by atoms with Gasteiger partial charge in [-0.3, -0.25) is 9.59 Å². The molecule has 156 valence electrons. The zero-order chi connectivity index (χ0) is 21.4. The van der Waals surface area contributed by atoms with E-state index < -0.39 is 6.04 Å². The first kappa shape index (κ1) is 23.0. The van der Waals surface area contributed by atoms with E-state index in [1.165, 1.54) is 5.56 Å². The summed E-state index contributed by atoms with van der Waals surface area (Å²) < 4.78 is 0. The average molecular weight is 413 g/mol. The van der Waals surface area contributed by atoms with Gasteiger partial charge >= 0.3 is 0 Å². The van der Waals surface area contributed by atoms with Crippen molar-refractivity contribution >= 4 is 23.6 Å². The van der Waals surface area contributed by atoms with Crippen molar-refractivity contribution in [2.24, 2.45) is 0 Å². The van der Waals surface area contributed by atoms with Gasteiger partial charge in [0, 0.05) is 29.2 Å². The molecule has 0 radical (unpaired) electrons. The predicted molar refractivity (Wildman–Crippen MR) is 121 cm³/mol. The molecule has 4 nitrogen and oxygen atoms in total. The fourth-order valence-corrected chi connectivity index (χ4v) is 3.73. The molecule has 0 aliphatic heterocycles. The van der Waals surface area contributed by atoms with Gasteiger partial charge in [0.05, 0.1) is 0 Å². The Bertz CT molecular complexity index is 798. The summed E-state index contributed by atoms with van der Waals surface area (Å²) in [6.07, 6.45) is 0.387. The first-order valence-corrected chi connectivity index (χ1v) is 11.0. The summed E-state index contributed by atoms with van der Waals surface area (Å²) in [6.45, 7) is 10.1. The molecular formula is C24H32N2O2S. The monoisotopic (exact) mass is 412 g/mol. The minimum Gasteiger partial charge on any atom is -0.350 e. The van der Waals surface area contributed by atoms with E-state index in [4.69, 9.17) is 0 Å². The van der Waals surface area contributed by atoms with Crippen LogP contribution in [0.4, 0.5) is 0 Å². The van der Waals surface area contributed by atoms with Gasteiger partial charge in [-0.05, 0) is 52.3 Å². The third-order valence-electron chi connectivity index (χ3n) is 4.47. The number of nitrogens with zero attached hydrogens (tertiary/aromatic N) is 1. The van der Waals surface area contributed by atoms with Gasteiger partial charge < -0.3 is 10.2 Å². The van der Waals surface area contributed by atoms with E-state index in [-0.39, 0.29) is 17.4 Å². The van der Waals surface area contributed by atoms with Crippen LogP contribution in [0.2, 0.25) is 0 Å². The molecule has 0 saturated carbocycles. The highest BCUT2D eigenvalue weighted by Crippen LogP contribution is 2.19. The molecule has 2 amide bonds. The lowest BCUT2D eigenvalue weighted by molar-refractivity contribution is -0.140. The van der Waals surface area contributed by atoms with Gasteiger partial charge in [0.1, 0.15) is 6.04 Å². The number of hydrogen-bond donors (Lipinski definition) is 1. The summed E-state index contributed by atoms with van der Waals surface area (Å²) in [4.78, 5) is 28.6. The van der Waals surface area contributed by atoms with E-state index in [2.05, 4.69) is 5.32 Å². The third kappa shape index (κ3) is 7.94. The Labute approximate surface area is 179 Å². The summed E-state index contributed by atoms with van der Waals surface area (Å²) >= 11 is 1.66. The fourth-order valence-electron chi connectivity index (χ4n) is 2.86. The van der Waals surface area contributed by atoms with Crippen LogP contribution in [0.15, 0.2) is 59.5 Å². The van der Waals surface area contributed by atoms with Gasteiger partial charge in [0.15, 0.2) is 0 Å². The van der Waals surface area contributed by atoms with E-state index in [9.17, 15) is 9.59 Å². The number of carbonyl (C=O) groups is 2. The van der Waals surface area contributed by atoms with Crippen molar-refractivity contribution in [2.45, 2.75) is 64.1 Å². The largest absolute Gasteiger partial charge is 0.350 e. The van der Waals surface area contributed by atoms with Gasteiger partial charge in [0.25, 0.3) is 0 Å². The second-order valence-corrected chi connectivity index (χ2v) is 9.50. The molecule has 1 atom stereocenters. The number of benzene rings is 2. The Morgan fingerprint density at radius 2 is 1.66 bits per heavy atom. The van der Waals surface area contributed by atoms with Crippen molar-refractivity contribution in [1.82, 2.24) is 10.2 Å². The van der Waals surface area contributed by atoms with Crippen molar-refractivity contribution < 1.29 is 9.59 Å². The van der Waals surface area contributed by atoms with Crippen LogP contribution in [0.25, 0.3) is 0 Å².